The Bertz CT molecular complexity index is 436. The van der Waals surface area contributed by atoms with Crippen molar-refractivity contribution in [2.45, 2.75) is 31.1 Å². The second-order valence-corrected chi connectivity index (χ2v) is 6.96. The van der Waals surface area contributed by atoms with Gasteiger partial charge in [0.2, 0.25) is 0 Å². The van der Waals surface area contributed by atoms with Gasteiger partial charge in [0.25, 0.3) is 0 Å². The smallest absolute Gasteiger partial charge is 0.123 e. The predicted molar refractivity (Wildman–Crippen MR) is 87.5 cm³/mol. The van der Waals surface area contributed by atoms with Crippen molar-refractivity contribution in [1.29, 1.82) is 0 Å². The summed E-state index contributed by atoms with van der Waals surface area (Å²) in [5.74, 6) is 0.996. The van der Waals surface area contributed by atoms with Crippen LogP contribution in [0.3, 0.4) is 0 Å². The first-order valence-corrected chi connectivity index (χ1v) is 8.46. The molecular weight excluding hydrogens is 268 g/mol. The predicted octanol–water partition coefficient (Wildman–Crippen LogP) is 2.66. The van der Waals surface area contributed by atoms with Crippen LogP contribution in [0.25, 0.3) is 0 Å². The van der Waals surface area contributed by atoms with Gasteiger partial charge in [-0.3, -0.25) is 4.90 Å². The van der Waals surface area contributed by atoms with E-state index in [2.05, 4.69) is 36.3 Å². The van der Waals surface area contributed by atoms with Crippen LogP contribution in [0, 0.1) is 6.92 Å². The highest BCUT2D eigenvalue weighted by Gasteiger charge is 2.32. The van der Waals surface area contributed by atoms with Gasteiger partial charge in [0, 0.05) is 23.4 Å². The van der Waals surface area contributed by atoms with Gasteiger partial charge in [-0.15, -0.1) is 0 Å². The van der Waals surface area contributed by atoms with Crippen LogP contribution in [0.4, 0.5) is 0 Å². The molecule has 0 aliphatic carbocycles. The molecule has 0 aromatic heterocycles. The van der Waals surface area contributed by atoms with Gasteiger partial charge in [-0.25, -0.2) is 0 Å². The lowest BCUT2D eigenvalue weighted by atomic mass is 9.95. The molecule has 112 valence electrons. The minimum atomic E-state index is 0.299. The summed E-state index contributed by atoms with van der Waals surface area (Å²) in [5.41, 5.74) is 8.53. The fraction of sp³-hybridized carbons (Fsp3) is 0.625. The zero-order valence-electron chi connectivity index (χ0n) is 12.8. The van der Waals surface area contributed by atoms with Gasteiger partial charge in [-0.05, 0) is 45.2 Å². The quantitative estimate of drug-likeness (QED) is 0.906. The Labute approximate surface area is 126 Å². The lowest BCUT2D eigenvalue weighted by molar-refractivity contribution is 0.193. The Morgan fingerprint density at radius 3 is 2.60 bits per heavy atom. The zero-order valence-corrected chi connectivity index (χ0v) is 13.6. The number of thioether (sulfide) groups is 1. The number of piperidine rings is 1. The molecule has 1 aliphatic rings. The van der Waals surface area contributed by atoms with Gasteiger partial charge in [-0.1, -0.05) is 17.7 Å². The second-order valence-electron chi connectivity index (χ2n) is 5.68. The molecule has 20 heavy (non-hydrogen) atoms. The molecule has 0 amide bonds. The van der Waals surface area contributed by atoms with Crippen LogP contribution in [0.1, 0.15) is 24.0 Å². The normalized spacial score (nSPS) is 19.0. The summed E-state index contributed by atoms with van der Waals surface area (Å²) in [6, 6.07) is 6.41. The largest absolute Gasteiger partial charge is 0.496 e. The third kappa shape index (κ3) is 3.48. The average Bonchev–Trinajstić information content (AvgIpc) is 2.49. The molecule has 2 rings (SSSR count). The number of methoxy groups -OCH3 is 1. The number of hydrogen-bond acceptors (Lipinski definition) is 4. The molecule has 1 aliphatic heterocycles. The maximum absolute atomic E-state index is 5.95. The lowest BCUT2D eigenvalue weighted by Gasteiger charge is -2.40. The summed E-state index contributed by atoms with van der Waals surface area (Å²) in [7, 11) is 1.75. The van der Waals surface area contributed by atoms with E-state index in [9.17, 15) is 0 Å². The van der Waals surface area contributed by atoms with E-state index in [0.717, 1.165) is 31.9 Å². The van der Waals surface area contributed by atoms with Crippen LogP contribution < -0.4 is 10.5 Å². The summed E-state index contributed by atoms with van der Waals surface area (Å²) in [4.78, 5) is 2.52. The van der Waals surface area contributed by atoms with E-state index >= 15 is 0 Å². The highest BCUT2D eigenvalue weighted by molar-refractivity contribution is 8.00. The first-order chi connectivity index (χ1) is 9.62. The molecule has 1 aromatic rings. The minimum absolute atomic E-state index is 0.299. The molecule has 0 radical (unpaired) electrons. The number of aryl methyl sites for hydroxylation is 1. The fourth-order valence-corrected chi connectivity index (χ4v) is 3.64. The van der Waals surface area contributed by atoms with E-state index in [1.165, 1.54) is 24.0 Å². The van der Waals surface area contributed by atoms with Crippen LogP contribution in [0.5, 0.6) is 5.75 Å². The van der Waals surface area contributed by atoms with E-state index < -0.39 is 0 Å². The van der Waals surface area contributed by atoms with Gasteiger partial charge in [0.15, 0.2) is 0 Å². The SMILES string of the molecule is COc1ccc(C)cc1CN1CCC(CN)(SC)CC1. The minimum Gasteiger partial charge on any atom is -0.496 e. The third-order valence-corrected chi connectivity index (χ3v) is 5.84. The van der Waals surface area contributed by atoms with Crippen LogP contribution in [-0.4, -0.2) is 42.6 Å². The van der Waals surface area contributed by atoms with Crippen LogP contribution in [0.15, 0.2) is 18.2 Å². The van der Waals surface area contributed by atoms with Crippen LogP contribution in [-0.2, 0) is 6.54 Å². The summed E-state index contributed by atoms with van der Waals surface area (Å²) < 4.78 is 5.77. The standard InChI is InChI=1S/C16H26N2OS/c1-13-4-5-15(19-2)14(10-13)11-18-8-6-16(12-17,20-3)7-9-18/h4-5,10H,6-9,11-12,17H2,1-3H3. The molecule has 0 saturated carbocycles. The van der Waals surface area contributed by atoms with Gasteiger partial charge in [-0.2, -0.15) is 11.8 Å². The molecule has 1 heterocycles. The number of benzene rings is 1. The summed E-state index contributed by atoms with van der Waals surface area (Å²) in [6.45, 7) is 6.13. The highest BCUT2D eigenvalue weighted by atomic mass is 32.2. The van der Waals surface area contributed by atoms with Crippen LogP contribution in [0.2, 0.25) is 0 Å². The monoisotopic (exact) mass is 294 g/mol. The molecule has 0 unspecified atom stereocenters. The van der Waals surface area contributed by atoms with Crippen molar-refractivity contribution in [3.05, 3.63) is 29.3 Å². The van der Waals surface area contributed by atoms with E-state index in [-0.39, 0.29) is 0 Å². The van der Waals surface area contributed by atoms with Gasteiger partial charge in [0.05, 0.1) is 7.11 Å². The average molecular weight is 294 g/mol. The van der Waals surface area contributed by atoms with Crippen molar-refractivity contribution in [3.63, 3.8) is 0 Å². The number of nitrogens with two attached hydrogens (primary N) is 1. The Balaban J connectivity index is 2.01. The lowest BCUT2D eigenvalue weighted by Crippen LogP contribution is -2.46. The van der Waals surface area contributed by atoms with E-state index in [4.69, 9.17) is 10.5 Å². The maximum atomic E-state index is 5.95. The molecule has 1 saturated heterocycles. The first-order valence-electron chi connectivity index (χ1n) is 7.23. The molecule has 0 spiro atoms. The van der Waals surface area contributed by atoms with Gasteiger partial charge >= 0.3 is 0 Å². The van der Waals surface area contributed by atoms with E-state index in [1.54, 1.807) is 7.11 Å². The Kier molecular flexibility index (Phi) is 5.35. The van der Waals surface area contributed by atoms with Crippen molar-refractivity contribution in [3.8, 4) is 5.75 Å². The Morgan fingerprint density at radius 2 is 2.05 bits per heavy atom. The zero-order chi connectivity index (χ0) is 14.6. The molecular formula is C16H26N2OS. The van der Waals surface area contributed by atoms with Crippen molar-refractivity contribution in [2.24, 2.45) is 5.73 Å². The van der Waals surface area contributed by atoms with Crippen molar-refractivity contribution >= 4 is 11.8 Å². The molecule has 2 N–H and O–H groups in total. The van der Waals surface area contributed by atoms with Crippen LogP contribution >= 0.6 is 11.8 Å². The summed E-state index contributed by atoms with van der Waals surface area (Å²) in [5, 5.41) is 0. The van der Waals surface area contributed by atoms with Gasteiger partial charge < -0.3 is 10.5 Å². The topological polar surface area (TPSA) is 38.5 Å². The first kappa shape index (κ1) is 15.7. The summed E-state index contributed by atoms with van der Waals surface area (Å²) >= 11 is 1.94. The van der Waals surface area contributed by atoms with Crippen molar-refractivity contribution in [2.75, 3.05) is 33.0 Å². The number of rotatable bonds is 5. The number of ether oxygens (including phenoxy) is 1. The molecule has 0 bridgehead atoms. The Morgan fingerprint density at radius 1 is 1.35 bits per heavy atom. The second kappa shape index (κ2) is 6.83. The van der Waals surface area contributed by atoms with Crippen molar-refractivity contribution in [1.82, 2.24) is 4.90 Å². The number of likely N-dealkylation sites (tertiary alicyclic amines) is 1. The maximum Gasteiger partial charge on any atom is 0.123 e. The van der Waals surface area contributed by atoms with E-state index in [0.29, 0.717) is 4.75 Å². The third-order valence-electron chi connectivity index (χ3n) is 4.40. The van der Waals surface area contributed by atoms with E-state index in [1.807, 2.05) is 11.8 Å². The molecule has 1 aromatic carbocycles. The highest BCUT2D eigenvalue weighted by Crippen LogP contribution is 2.34. The molecule has 1 fully saturated rings. The molecule has 0 atom stereocenters. The number of hydrogen-bond donors (Lipinski definition) is 1. The summed E-state index contributed by atoms with van der Waals surface area (Å²) in [6.07, 6.45) is 4.55. The Hall–Kier alpha value is -0.710. The fourth-order valence-electron chi connectivity index (χ4n) is 2.88. The van der Waals surface area contributed by atoms with Gasteiger partial charge in [0.1, 0.15) is 5.75 Å². The van der Waals surface area contributed by atoms with Crippen molar-refractivity contribution < 1.29 is 4.74 Å². The molecule has 4 heteroatoms. The number of nitrogens with zero attached hydrogens (tertiary/aromatic N) is 1. The molecule has 3 nitrogen and oxygen atoms in total.